The third-order valence-electron chi connectivity index (χ3n) is 4.84. The van der Waals surface area contributed by atoms with E-state index in [2.05, 4.69) is 51.7 Å². The first-order valence-electron chi connectivity index (χ1n) is 9.48. The second-order valence-corrected chi connectivity index (χ2v) is 8.57. The number of aryl methyl sites for hydroxylation is 1. The highest BCUT2D eigenvalue weighted by Crippen LogP contribution is 2.43. The zero-order valence-electron chi connectivity index (χ0n) is 16.0. The van der Waals surface area contributed by atoms with Gasteiger partial charge in [0, 0.05) is 42.4 Å². The van der Waals surface area contributed by atoms with Gasteiger partial charge in [0.05, 0.1) is 16.7 Å². The van der Waals surface area contributed by atoms with Gasteiger partial charge in [-0.05, 0) is 31.0 Å². The Bertz CT molecular complexity index is 1160. The highest BCUT2D eigenvalue weighted by Gasteiger charge is 2.29. The van der Waals surface area contributed by atoms with Crippen LogP contribution in [0.5, 0.6) is 0 Å². The largest absolute Gasteiger partial charge is 0.315 e. The number of aromatic nitrogens is 6. The lowest BCUT2D eigenvalue weighted by molar-refractivity contribution is 0.744. The highest BCUT2D eigenvalue weighted by molar-refractivity contribution is 7.15. The van der Waals surface area contributed by atoms with E-state index in [0.29, 0.717) is 11.8 Å². The van der Waals surface area contributed by atoms with E-state index in [1.807, 2.05) is 30.1 Å². The Morgan fingerprint density at radius 2 is 2.04 bits per heavy atom. The summed E-state index contributed by atoms with van der Waals surface area (Å²) in [5.41, 5.74) is 5.11. The van der Waals surface area contributed by atoms with Gasteiger partial charge in [-0.2, -0.15) is 5.10 Å². The summed E-state index contributed by atoms with van der Waals surface area (Å²) in [6.45, 7) is 4.22. The van der Waals surface area contributed by atoms with Gasteiger partial charge in [-0.25, -0.2) is 4.98 Å². The summed E-state index contributed by atoms with van der Waals surface area (Å²) in [4.78, 5) is 9.36. The summed E-state index contributed by atoms with van der Waals surface area (Å²) in [5, 5.41) is 18.1. The second-order valence-electron chi connectivity index (χ2n) is 7.56. The first-order valence-corrected chi connectivity index (χ1v) is 10.3. The molecule has 0 saturated heterocycles. The zero-order valence-corrected chi connectivity index (χ0v) is 16.9. The molecule has 0 aromatic carbocycles. The molecule has 8 heteroatoms. The molecule has 4 heterocycles. The van der Waals surface area contributed by atoms with E-state index in [0.717, 1.165) is 38.1 Å². The molecule has 7 nitrogen and oxygen atoms in total. The van der Waals surface area contributed by atoms with Gasteiger partial charge in [-0.1, -0.05) is 25.2 Å². The summed E-state index contributed by atoms with van der Waals surface area (Å²) < 4.78 is 1.89. The van der Waals surface area contributed by atoms with Crippen LogP contribution in [0.2, 0.25) is 0 Å². The molecular formula is C20H21N7S. The van der Waals surface area contributed by atoms with Crippen molar-refractivity contribution in [3.05, 3.63) is 41.3 Å². The lowest BCUT2D eigenvalue weighted by Crippen LogP contribution is -1.94. The van der Waals surface area contributed by atoms with Crippen LogP contribution in [-0.4, -0.2) is 29.9 Å². The summed E-state index contributed by atoms with van der Waals surface area (Å²) in [6, 6.07) is 5.99. The molecule has 28 heavy (non-hydrogen) atoms. The molecule has 0 aliphatic heterocycles. The van der Waals surface area contributed by atoms with Crippen molar-refractivity contribution in [3.8, 4) is 11.1 Å². The standard InChI is InChI=1S/C20H21N7S/c1-11(2)19-24-25-20(28-19)23-17-7-6-15-16(22-17)8-13(9-21-15)14-10-27(3)26-18(14)12-4-5-12/h6-12H,4-5H2,1-3H3,(H,22,23,25). The molecule has 4 aromatic heterocycles. The van der Waals surface area contributed by atoms with Crippen molar-refractivity contribution in [1.82, 2.24) is 29.9 Å². The first-order chi connectivity index (χ1) is 13.6. The molecule has 0 spiro atoms. The third-order valence-corrected chi connectivity index (χ3v) is 5.98. The maximum atomic E-state index is 4.75. The number of nitrogens with zero attached hydrogens (tertiary/aromatic N) is 6. The number of pyridine rings is 2. The van der Waals surface area contributed by atoms with Gasteiger partial charge in [-0.15, -0.1) is 10.2 Å². The van der Waals surface area contributed by atoms with Crippen molar-refractivity contribution in [3.63, 3.8) is 0 Å². The number of anilines is 2. The van der Waals surface area contributed by atoms with Crippen LogP contribution in [0.25, 0.3) is 22.2 Å². The summed E-state index contributed by atoms with van der Waals surface area (Å²) in [7, 11) is 1.97. The predicted molar refractivity (Wildman–Crippen MR) is 111 cm³/mol. The van der Waals surface area contributed by atoms with Gasteiger partial charge in [0.1, 0.15) is 10.8 Å². The zero-order chi connectivity index (χ0) is 19.3. The van der Waals surface area contributed by atoms with E-state index < -0.39 is 0 Å². The van der Waals surface area contributed by atoms with Crippen LogP contribution >= 0.6 is 11.3 Å². The molecule has 0 bridgehead atoms. The average molecular weight is 392 g/mol. The fourth-order valence-electron chi connectivity index (χ4n) is 3.24. The smallest absolute Gasteiger partial charge is 0.211 e. The number of hydrogen-bond acceptors (Lipinski definition) is 7. The van der Waals surface area contributed by atoms with Gasteiger partial charge in [0.25, 0.3) is 0 Å². The van der Waals surface area contributed by atoms with Gasteiger partial charge < -0.3 is 5.32 Å². The lowest BCUT2D eigenvalue weighted by Gasteiger charge is -2.05. The first kappa shape index (κ1) is 17.2. The third kappa shape index (κ3) is 3.24. The maximum absolute atomic E-state index is 4.75. The molecular weight excluding hydrogens is 370 g/mol. The van der Waals surface area contributed by atoms with Crippen molar-refractivity contribution < 1.29 is 0 Å². The minimum absolute atomic E-state index is 0.365. The topological polar surface area (TPSA) is 81.4 Å². The summed E-state index contributed by atoms with van der Waals surface area (Å²) in [6.07, 6.45) is 6.43. The van der Waals surface area contributed by atoms with Crippen LogP contribution in [0.1, 0.15) is 49.2 Å². The molecule has 0 atom stereocenters. The Labute approximate surface area is 166 Å². The van der Waals surface area contributed by atoms with Gasteiger partial charge in [0.2, 0.25) is 5.13 Å². The van der Waals surface area contributed by atoms with E-state index >= 15 is 0 Å². The van der Waals surface area contributed by atoms with Gasteiger partial charge >= 0.3 is 0 Å². The monoisotopic (exact) mass is 391 g/mol. The minimum Gasteiger partial charge on any atom is -0.315 e. The Hall–Kier alpha value is -2.87. The highest BCUT2D eigenvalue weighted by atomic mass is 32.1. The SMILES string of the molecule is CC(C)c1nnc(Nc2ccc3ncc(-c4cn(C)nc4C4CC4)cc3n2)s1. The molecule has 5 rings (SSSR count). The molecule has 1 aliphatic carbocycles. The fraction of sp³-hybridized carbons (Fsp3) is 0.350. The van der Waals surface area contributed by atoms with Crippen LogP contribution in [0, 0.1) is 0 Å². The van der Waals surface area contributed by atoms with E-state index in [1.165, 1.54) is 18.5 Å². The van der Waals surface area contributed by atoms with E-state index in [4.69, 9.17) is 4.98 Å². The van der Waals surface area contributed by atoms with Crippen molar-refractivity contribution in [2.24, 2.45) is 7.05 Å². The molecule has 0 radical (unpaired) electrons. The molecule has 0 unspecified atom stereocenters. The number of fused-ring (bicyclic) bond motifs is 1. The van der Waals surface area contributed by atoms with Crippen molar-refractivity contribution >= 4 is 33.3 Å². The van der Waals surface area contributed by atoms with Crippen molar-refractivity contribution in [1.29, 1.82) is 0 Å². The summed E-state index contributed by atoms with van der Waals surface area (Å²) in [5.74, 6) is 1.69. The average Bonchev–Trinajstić information content (AvgIpc) is 3.29. The van der Waals surface area contributed by atoms with E-state index in [1.54, 1.807) is 11.3 Å². The van der Waals surface area contributed by atoms with E-state index in [9.17, 15) is 0 Å². The normalized spacial score (nSPS) is 14.1. The number of rotatable bonds is 5. The second kappa shape index (κ2) is 6.63. The molecule has 4 aromatic rings. The van der Waals surface area contributed by atoms with Gasteiger partial charge in [-0.3, -0.25) is 9.67 Å². The van der Waals surface area contributed by atoms with Crippen molar-refractivity contribution in [2.45, 2.75) is 38.5 Å². The Balaban J connectivity index is 1.49. The number of nitrogens with one attached hydrogen (secondary N) is 1. The van der Waals surface area contributed by atoms with Crippen molar-refractivity contribution in [2.75, 3.05) is 5.32 Å². The van der Waals surface area contributed by atoms with Crippen LogP contribution < -0.4 is 5.32 Å². The molecule has 1 N–H and O–H groups in total. The minimum atomic E-state index is 0.365. The van der Waals surface area contributed by atoms with Crippen LogP contribution in [0.15, 0.2) is 30.6 Å². The fourth-order valence-corrected chi connectivity index (χ4v) is 3.99. The van der Waals surface area contributed by atoms with Crippen LogP contribution in [0.3, 0.4) is 0 Å². The van der Waals surface area contributed by atoms with E-state index in [-0.39, 0.29) is 0 Å². The maximum Gasteiger partial charge on any atom is 0.211 e. The molecule has 1 aliphatic rings. The number of hydrogen-bond donors (Lipinski definition) is 1. The Kier molecular flexibility index (Phi) is 4.08. The van der Waals surface area contributed by atoms with Crippen LogP contribution in [-0.2, 0) is 7.05 Å². The molecule has 1 saturated carbocycles. The van der Waals surface area contributed by atoms with Crippen LogP contribution in [0.4, 0.5) is 10.9 Å². The molecule has 1 fully saturated rings. The lowest BCUT2D eigenvalue weighted by atomic mass is 10.1. The van der Waals surface area contributed by atoms with Gasteiger partial charge in [0.15, 0.2) is 0 Å². The molecule has 0 amide bonds. The Morgan fingerprint density at radius 3 is 2.79 bits per heavy atom. The quantitative estimate of drug-likeness (QED) is 0.534. The Morgan fingerprint density at radius 1 is 1.18 bits per heavy atom. The summed E-state index contributed by atoms with van der Waals surface area (Å²) >= 11 is 1.56. The molecule has 142 valence electrons. The predicted octanol–water partition coefficient (Wildman–Crippen LogP) is 4.63.